The van der Waals surface area contributed by atoms with Gasteiger partial charge in [-0.05, 0) is 25.1 Å². The Balaban J connectivity index is 1.40. The summed E-state index contributed by atoms with van der Waals surface area (Å²) in [7, 11) is 0. The highest BCUT2D eigenvalue weighted by Crippen LogP contribution is 2.20. The van der Waals surface area contributed by atoms with Crippen LogP contribution in [0.3, 0.4) is 0 Å². The minimum Gasteiger partial charge on any atom is -0.297 e. The molecule has 1 aliphatic heterocycles. The van der Waals surface area contributed by atoms with Gasteiger partial charge in [-0.1, -0.05) is 0 Å². The summed E-state index contributed by atoms with van der Waals surface area (Å²) in [5, 5.41) is 4.51. The summed E-state index contributed by atoms with van der Waals surface area (Å²) in [6, 6.07) is 7.14. The van der Waals surface area contributed by atoms with Gasteiger partial charge in [0.1, 0.15) is 0 Å². The summed E-state index contributed by atoms with van der Waals surface area (Å²) in [6.45, 7) is 5.27. The van der Waals surface area contributed by atoms with Crippen LogP contribution in [-0.2, 0) is 13.1 Å². The molecule has 0 atom stereocenters. The number of hydrogen-bond acceptors (Lipinski definition) is 6. The van der Waals surface area contributed by atoms with E-state index in [2.05, 4.69) is 25.0 Å². The Morgan fingerprint density at radius 1 is 1.12 bits per heavy atom. The average molecular weight is 348 g/mol. The van der Waals surface area contributed by atoms with Crippen molar-refractivity contribution >= 4 is 0 Å². The van der Waals surface area contributed by atoms with Gasteiger partial charge in [0.15, 0.2) is 0 Å². The first-order chi connectivity index (χ1) is 12.7. The third-order valence-electron chi connectivity index (χ3n) is 4.64. The van der Waals surface area contributed by atoms with Gasteiger partial charge in [-0.2, -0.15) is 5.10 Å². The van der Waals surface area contributed by atoms with E-state index in [1.165, 1.54) is 0 Å². The Morgan fingerprint density at radius 2 is 1.96 bits per heavy atom. The van der Waals surface area contributed by atoms with E-state index < -0.39 is 0 Å². The molecule has 1 aliphatic rings. The van der Waals surface area contributed by atoms with Crippen molar-refractivity contribution in [2.24, 2.45) is 5.92 Å². The van der Waals surface area contributed by atoms with Gasteiger partial charge in [0, 0.05) is 62.0 Å². The summed E-state index contributed by atoms with van der Waals surface area (Å²) in [5.41, 5.74) is 3.59. The second-order valence-electron chi connectivity index (χ2n) is 6.63. The van der Waals surface area contributed by atoms with Crippen LogP contribution in [0.4, 0.5) is 0 Å². The quantitative estimate of drug-likeness (QED) is 0.696. The van der Waals surface area contributed by atoms with E-state index >= 15 is 0 Å². The van der Waals surface area contributed by atoms with Gasteiger partial charge < -0.3 is 0 Å². The molecule has 0 spiro atoms. The van der Waals surface area contributed by atoms with E-state index in [1.807, 2.05) is 19.1 Å². The zero-order valence-corrected chi connectivity index (χ0v) is 14.6. The maximum absolute atomic E-state index is 12.1. The second-order valence-corrected chi connectivity index (χ2v) is 6.63. The lowest BCUT2D eigenvalue weighted by Gasteiger charge is -2.39. The van der Waals surface area contributed by atoms with Gasteiger partial charge in [-0.25, -0.2) is 4.68 Å². The molecule has 132 valence electrons. The van der Waals surface area contributed by atoms with E-state index in [-0.39, 0.29) is 5.56 Å². The molecule has 7 nitrogen and oxygen atoms in total. The Kier molecular flexibility index (Phi) is 4.53. The largest absolute Gasteiger partial charge is 0.297 e. The third-order valence-corrected chi connectivity index (χ3v) is 4.64. The first-order valence-corrected chi connectivity index (χ1v) is 8.66. The monoisotopic (exact) mass is 348 g/mol. The topological polar surface area (TPSA) is 76.8 Å². The summed E-state index contributed by atoms with van der Waals surface area (Å²) in [6.07, 6.45) is 6.92. The number of nitrogens with zero attached hydrogens (tertiary/aromatic N) is 6. The summed E-state index contributed by atoms with van der Waals surface area (Å²) < 4.78 is 1.57. The molecule has 1 fully saturated rings. The first-order valence-electron chi connectivity index (χ1n) is 8.66. The van der Waals surface area contributed by atoms with E-state index in [0.29, 0.717) is 12.5 Å². The highest BCUT2D eigenvalue weighted by atomic mass is 16.1. The molecule has 4 heterocycles. The lowest BCUT2D eigenvalue weighted by Crippen LogP contribution is -2.49. The fourth-order valence-corrected chi connectivity index (χ4v) is 3.22. The fourth-order valence-electron chi connectivity index (χ4n) is 3.22. The van der Waals surface area contributed by atoms with E-state index in [0.717, 1.165) is 42.3 Å². The normalized spacial score (nSPS) is 15.0. The lowest BCUT2D eigenvalue weighted by atomic mass is 10.00. The molecular weight excluding hydrogens is 328 g/mol. The van der Waals surface area contributed by atoms with Crippen LogP contribution >= 0.6 is 0 Å². The average Bonchev–Trinajstić information content (AvgIpc) is 2.64. The van der Waals surface area contributed by atoms with Crippen LogP contribution in [0, 0.1) is 12.8 Å². The Labute approximate surface area is 151 Å². The van der Waals surface area contributed by atoms with Crippen LogP contribution in [0.15, 0.2) is 53.8 Å². The van der Waals surface area contributed by atoms with Gasteiger partial charge >= 0.3 is 0 Å². The van der Waals surface area contributed by atoms with Gasteiger partial charge in [-0.15, -0.1) is 0 Å². The zero-order chi connectivity index (χ0) is 17.9. The summed E-state index contributed by atoms with van der Waals surface area (Å²) in [5.74, 6) is 0.418. The zero-order valence-electron chi connectivity index (χ0n) is 14.6. The van der Waals surface area contributed by atoms with Gasteiger partial charge in [0.25, 0.3) is 5.56 Å². The molecule has 3 aromatic heterocycles. The van der Waals surface area contributed by atoms with Crippen molar-refractivity contribution in [2.45, 2.75) is 20.0 Å². The highest BCUT2D eigenvalue weighted by molar-refractivity contribution is 5.56. The molecule has 0 bridgehead atoms. The molecule has 0 N–H and O–H groups in total. The van der Waals surface area contributed by atoms with Crippen molar-refractivity contribution in [1.82, 2.24) is 29.6 Å². The number of hydrogen-bond donors (Lipinski definition) is 0. The standard InChI is InChI=1S/C19H20N6O/c1-14-18(22-8-7-21-14)13-24-10-15(11-24)12-25-19(26)5-4-17(23-25)16-3-2-6-20-9-16/h2-9,15H,10-13H2,1H3. The smallest absolute Gasteiger partial charge is 0.266 e. The van der Waals surface area contributed by atoms with Gasteiger partial charge in [0.05, 0.1) is 23.6 Å². The molecular formula is C19H20N6O. The third kappa shape index (κ3) is 3.52. The predicted octanol–water partition coefficient (Wildman–Crippen LogP) is 1.54. The highest BCUT2D eigenvalue weighted by Gasteiger charge is 2.28. The summed E-state index contributed by atoms with van der Waals surface area (Å²) >= 11 is 0. The summed E-state index contributed by atoms with van der Waals surface area (Å²) in [4.78, 5) is 27.2. The molecule has 1 saturated heterocycles. The van der Waals surface area contributed by atoms with Crippen LogP contribution in [0.25, 0.3) is 11.3 Å². The molecule has 0 aromatic carbocycles. The van der Waals surface area contributed by atoms with Crippen LogP contribution in [0.2, 0.25) is 0 Å². The number of aryl methyl sites for hydroxylation is 1. The number of pyridine rings is 1. The Morgan fingerprint density at radius 3 is 2.73 bits per heavy atom. The van der Waals surface area contributed by atoms with E-state index in [9.17, 15) is 4.79 Å². The van der Waals surface area contributed by atoms with Crippen LogP contribution in [-0.4, -0.2) is 42.7 Å². The Hall–Kier alpha value is -2.93. The number of aromatic nitrogens is 5. The van der Waals surface area contributed by atoms with Gasteiger partial charge in [0.2, 0.25) is 0 Å². The van der Waals surface area contributed by atoms with Crippen molar-refractivity contribution in [3.05, 3.63) is 70.8 Å². The van der Waals surface area contributed by atoms with Crippen molar-refractivity contribution in [3.63, 3.8) is 0 Å². The second kappa shape index (κ2) is 7.13. The lowest BCUT2D eigenvalue weighted by molar-refractivity contribution is 0.0751. The molecule has 0 amide bonds. The van der Waals surface area contributed by atoms with Crippen molar-refractivity contribution < 1.29 is 0 Å². The first kappa shape index (κ1) is 16.5. The van der Waals surface area contributed by atoms with Crippen molar-refractivity contribution in [1.29, 1.82) is 0 Å². The van der Waals surface area contributed by atoms with Crippen LogP contribution in [0.5, 0.6) is 0 Å². The van der Waals surface area contributed by atoms with Crippen LogP contribution < -0.4 is 5.56 Å². The molecule has 26 heavy (non-hydrogen) atoms. The van der Waals surface area contributed by atoms with Crippen LogP contribution in [0.1, 0.15) is 11.4 Å². The maximum Gasteiger partial charge on any atom is 0.266 e. The molecule has 0 aliphatic carbocycles. The SMILES string of the molecule is Cc1nccnc1CN1CC(Cn2nc(-c3cccnc3)ccc2=O)C1. The molecule has 3 aromatic rings. The molecule has 0 unspecified atom stereocenters. The molecule has 4 rings (SSSR count). The number of rotatable bonds is 5. The fraction of sp³-hybridized carbons (Fsp3) is 0.316. The maximum atomic E-state index is 12.1. The predicted molar refractivity (Wildman–Crippen MR) is 97.3 cm³/mol. The molecule has 0 saturated carbocycles. The molecule has 7 heteroatoms. The van der Waals surface area contributed by atoms with Crippen molar-refractivity contribution in [2.75, 3.05) is 13.1 Å². The van der Waals surface area contributed by atoms with Crippen molar-refractivity contribution in [3.8, 4) is 11.3 Å². The minimum atomic E-state index is -0.0686. The molecule has 0 radical (unpaired) electrons. The van der Waals surface area contributed by atoms with E-state index in [1.54, 1.807) is 41.6 Å². The number of likely N-dealkylation sites (tertiary alicyclic amines) is 1. The van der Waals surface area contributed by atoms with E-state index in [4.69, 9.17) is 0 Å². The minimum absolute atomic E-state index is 0.0686. The van der Waals surface area contributed by atoms with Gasteiger partial charge in [-0.3, -0.25) is 24.6 Å². The Bertz CT molecular complexity index is 949.